The zero-order valence-electron chi connectivity index (χ0n) is 20.0. The summed E-state index contributed by atoms with van der Waals surface area (Å²) in [5.41, 5.74) is 3.42. The minimum Gasteiger partial charge on any atom is -0.368 e. The standard InChI is InChI=1S/C25H23F4N7O/c1-15-31-32-24-30-22(21-17(26)6-2-9-20(21)36(15)24)35-10-4-5-16-18(7-3-8-19(16)35)33-11-13-34(14-12-33)23(37)25(27,28)29/h2-3,6-9H,4-5,10-14H2,1H3. The van der Waals surface area contributed by atoms with E-state index in [9.17, 15) is 18.0 Å². The van der Waals surface area contributed by atoms with Crippen LogP contribution in [0.4, 0.5) is 34.8 Å². The summed E-state index contributed by atoms with van der Waals surface area (Å²) in [6, 6.07) is 10.7. The quantitative estimate of drug-likeness (QED) is 0.377. The molecule has 1 amide bonds. The molecule has 2 aliphatic rings. The van der Waals surface area contributed by atoms with Gasteiger partial charge in [-0.05, 0) is 49.6 Å². The van der Waals surface area contributed by atoms with Crippen LogP contribution in [0.1, 0.15) is 17.8 Å². The molecule has 1 fully saturated rings. The number of benzene rings is 2. The molecule has 0 N–H and O–H groups in total. The monoisotopic (exact) mass is 513 g/mol. The number of rotatable bonds is 2. The summed E-state index contributed by atoms with van der Waals surface area (Å²) in [5.74, 6) is -0.767. The Hall–Kier alpha value is -3.96. The van der Waals surface area contributed by atoms with Crippen molar-refractivity contribution >= 4 is 39.8 Å². The molecule has 0 spiro atoms. The van der Waals surface area contributed by atoms with Crippen molar-refractivity contribution in [2.24, 2.45) is 0 Å². The normalized spacial score (nSPS) is 16.5. The number of hydrogen-bond donors (Lipinski definition) is 0. The van der Waals surface area contributed by atoms with Crippen LogP contribution in [0.3, 0.4) is 0 Å². The van der Waals surface area contributed by atoms with E-state index < -0.39 is 17.9 Å². The molecular weight excluding hydrogens is 490 g/mol. The third-order valence-electron chi connectivity index (χ3n) is 7.10. The van der Waals surface area contributed by atoms with Gasteiger partial charge in [-0.1, -0.05) is 12.1 Å². The lowest BCUT2D eigenvalue weighted by Crippen LogP contribution is -2.52. The fourth-order valence-corrected chi connectivity index (χ4v) is 5.42. The van der Waals surface area contributed by atoms with Gasteiger partial charge in [0.25, 0.3) is 5.78 Å². The SMILES string of the molecule is Cc1nnc2nc(N3CCCc4c(N5CCN(C(=O)C(F)(F)F)CC5)cccc43)c3c(F)cccc3n12. The second-order valence-corrected chi connectivity index (χ2v) is 9.26. The van der Waals surface area contributed by atoms with Crippen LogP contribution in [0.25, 0.3) is 16.7 Å². The number of alkyl halides is 3. The summed E-state index contributed by atoms with van der Waals surface area (Å²) in [4.78, 5) is 21.2. The van der Waals surface area contributed by atoms with E-state index >= 15 is 4.39 Å². The maximum absolute atomic E-state index is 15.3. The number of fused-ring (bicyclic) bond motifs is 4. The molecule has 0 saturated carbocycles. The molecule has 192 valence electrons. The van der Waals surface area contributed by atoms with Crippen LogP contribution in [0.15, 0.2) is 36.4 Å². The Morgan fingerprint density at radius 3 is 2.43 bits per heavy atom. The van der Waals surface area contributed by atoms with Crippen molar-refractivity contribution in [2.45, 2.75) is 25.9 Å². The van der Waals surface area contributed by atoms with Crippen molar-refractivity contribution in [3.05, 3.63) is 53.6 Å². The molecule has 4 aromatic rings. The summed E-state index contributed by atoms with van der Waals surface area (Å²) >= 11 is 0. The number of carbonyl (C=O) groups excluding carboxylic acids is 1. The van der Waals surface area contributed by atoms with Crippen molar-refractivity contribution < 1.29 is 22.4 Å². The zero-order valence-corrected chi connectivity index (χ0v) is 20.0. The maximum atomic E-state index is 15.3. The summed E-state index contributed by atoms with van der Waals surface area (Å²) in [6.07, 6.45) is -3.33. The third kappa shape index (κ3) is 3.82. The molecule has 6 rings (SSSR count). The maximum Gasteiger partial charge on any atom is 0.471 e. The third-order valence-corrected chi connectivity index (χ3v) is 7.10. The zero-order chi connectivity index (χ0) is 25.9. The highest BCUT2D eigenvalue weighted by molar-refractivity contribution is 5.95. The molecule has 2 aromatic heterocycles. The van der Waals surface area contributed by atoms with E-state index in [1.54, 1.807) is 17.4 Å². The summed E-state index contributed by atoms with van der Waals surface area (Å²) < 4.78 is 55.6. The molecule has 0 aliphatic carbocycles. The van der Waals surface area contributed by atoms with Crippen LogP contribution in [0, 0.1) is 12.7 Å². The fraction of sp³-hybridized carbons (Fsp3) is 0.360. The Bertz CT molecular complexity index is 1530. The number of halogens is 4. The first-order chi connectivity index (χ1) is 17.7. The lowest BCUT2D eigenvalue weighted by Gasteiger charge is -2.39. The molecule has 0 radical (unpaired) electrons. The average molecular weight is 513 g/mol. The van der Waals surface area contributed by atoms with E-state index in [0.29, 0.717) is 48.0 Å². The molecule has 2 aliphatic heterocycles. The van der Waals surface area contributed by atoms with Gasteiger partial charge in [0.2, 0.25) is 0 Å². The van der Waals surface area contributed by atoms with Crippen molar-refractivity contribution in [3.63, 3.8) is 0 Å². The van der Waals surface area contributed by atoms with Gasteiger partial charge >= 0.3 is 12.1 Å². The van der Waals surface area contributed by atoms with Gasteiger partial charge in [-0.3, -0.25) is 9.20 Å². The van der Waals surface area contributed by atoms with Gasteiger partial charge in [0.1, 0.15) is 17.5 Å². The first-order valence-electron chi connectivity index (χ1n) is 12.0. The molecule has 0 atom stereocenters. The number of aryl methyl sites for hydroxylation is 1. The van der Waals surface area contributed by atoms with Crippen molar-refractivity contribution in [3.8, 4) is 0 Å². The molecule has 2 aromatic carbocycles. The van der Waals surface area contributed by atoms with Gasteiger partial charge in [-0.15, -0.1) is 10.2 Å². The lowest BCUT2D eigenvalue weighted by molar-refractivity contribution is -0.185. The van der Waals surface area contributed by atoms with Crippen molar-refractivity contribution in [1.29, 1.82) is 0 Å². The Morgan fingerprint density at radius 1 is 0.946 bits per heavy atom. The molecule has 4 heterocycles. The predicted molar refractivity (Wildman–Crippen MR) is 130 cm³/mol. The van der Waals surface area contributed by atoms with Crippen LogP contribution in [-0.2, 0) is 11.2 Å². The lowest BCUT2D eigenvalue weighted by atomic mass is 9.98. The summed E-state index contributed by atoms with van der Waals surface area (Å²) in [6.45, 7) is 2.97. The van der Waals surface area contributed by atoms with Gasteiger partial charge in [0, 0.05) is 44.1 Å². The van der Waals surface area contributed by atoms with Crippen molar-refractivity contribution in [1.82, 2.24) is 24.5 Å². The fourth-order valence-electron chi connectivity index (χ4n) is 5.42. The smallest absolute Gasteiger partial charge is 0.368 e. The number of aromatic nitrogens is 4. The number of carbonyl (C=O) groups is 1. The Morgan fingerprint density at radius 2 is 1.68 bits per heavy atom. The van der Waals surface area contributed by atoms with Gasteiger partial charge in [0.15, 0.2) is 0 Å². The van der Waals surface area contributed by atoms with Crippen LogP contribution in [-0.4, -0.2) is 69.3 Å². The van der Waals surface area contributed by atoms with Crippen LogP contribution >= 0.6 is 0 Å². The molecule has 12 heteroatoms. The van der Waals surface area contributed by atoms with E-state index in [2.05, 4.69) is 10.2 Å². The van der Waals surface area contributed by atoms with Crippen LogP contribution in [0.5, 0.6) is 0 Å². The molecule has 0 bridgehead atoms. The number of amides is 1. The van der Waals surface area contributed by atoms with Gasteiger partial charge in [-0.25, -0.2) is 4.39 Å². The first kappa shape index (κ1) is 23.4. The topological polar surface area (TPSA) is 69.9 Å². The number of hydrogen-bond acceptors (Lipinski definition) is 6. The highest BCUT2D eigenvalue weighted by Crippen LogP contribution is 2.41. The van der Waals surface area contributed by atoms with Gasteiger partial charge in [-0.2, -0.15) is 18.2 Å². The first-order valence-corrected chi connectivity index (χ1v) is 12.0. The Labute approximate surface area is 209 Å². The number of nitrogens with zero attached hydrogens (tertiary/aromatic N) is 7. The second-order valence-electron chi connectivity index (χ2n) is 9.26. The molecular formula is C25H23F4N7O. The van der Waals surface area contributed by atoms with Gasteiger partial charge in [0.05, 0.1) is 10.9 Å². The Kier molecular flexibility index (Phi) is 5.42. The van der Waals surface area contributed by atoms with E-state index in [1.165, 1.54) is 6.07 Å². The van der Waals surface area contributed by atoms with Crippen LogP contribution in [0.2, 0.25) is 0 Å². The average Bonchev–Trinajstić information content (AvgIpc) is 3.27. The number of anilines is 3. The molecule has 37 heavy (non-hydrogen) atoms. The minimum atomic E-state index is -4.87. The van der Waals surface area contributed by atoms with E-state index in [1.807, 2.05) is 34.1 Å². The van der Waals surface area contributed by atoms with E-state index in [4.69, 9.17) is 4.98 Å². The largest absolute Gasteiger partial charge is 0.471 e. The number of piperazine rings is 1. The molecule has 0 unspecified atom stereocenters. The molecule has 8 nitrogen and oxygen atoms in total. The Balaban J connectivity index is 1.39. The van der Waals surface area contributed by atoms with E-state index in [0.717, 1.165) is 34.7 Å². The van der Waals surface area contributed by atoms with Crippen LogP contribution < -0.4 is 9.80 Å². The predicted octanol–water partition coefficient (Wildman–Crippen LogP) is 4.02. The molecule has 1 saturated heterocycles. The minimum absolute atomic E-state index is 0.00791. The second kappa shape index (κ2) is 8.56. The summed E-state index contributed by atoms with van der Waals surface area (Å²) in [7, 11) is 0. The van der Waals surface area contributed by atoms with Crippen molar-refractivity contribution in [2.75, 3.05) is 42.5 Å². The van der Waals surface area contributed by atoms with Gasteiger partial charge < -0.3 is 14.7 Å². The van der Waals surface area contributed by atoms with E-state index in [-0.39, 0.29) is 13.1 Å². The highest BCUT2D eigenvalue weighted by Gasteiger charge is 2.43. The highest BCUT2D eigenvalue weighted by atomic mass is 19.4. The summed E-state index contributed by atoms with van der Waals surface area (Å²) in [5, 5.41) is 8.66.